The topological polar surface area (TPSA) is 228 Å². The minimum absolute atomic E-state index is 0.243. The molecule has 2 fully saturated rings. The van der Waals surface area contributed by atoms with E-state index in [0.29, 0.717) is 12.8 Å². The summed E-state index contributed by atoms with van der Waals surface area (Å²) in [7, 11) is 0. The van der Waals surface area contributed by atoms with E-state index in [0.717, 1.165) is 38.5 Å². The minimum atomic E-state index is -1.79. The Hall–Kier alpha value is -2.05. The predicted molar refractivity (Wildman–Crippen MR) is 374 cm³/mol. The van der Waals surface area contributed by atoms with Crippen LogP contribution >= 0.6 is 0 Å². The van der Waals surface area contributed by atoms with Crippen molar-refractivity contribution in [3.63, 3.8) is 0 Å². The predicted octanol–water partition coefficient (Wildman–Crippen LogP) is 16.6. The van der Waals surface area contributed by atoms with E-state index in [1.165, 1.54) is 270 Å². The van der Waals surface area contributed by atoms with Crippen molar-refractivity contribution in [2.24, 2.45) is 0 Å². The highest BCUT2D eigenvalue weighted by molar-refractivity contribution is 5.76. The fourth-order valence-corrected chi connectivity index (χ4v) is 12.6. The van der Waals surface area contributed by atoms with Crippen LogP contribution in [0.15, 0.2) is 48.6 Å². The van der Waals surface area contributed by atoms with Gasteiger partial charge >= 0.3 is 0 Å². The number of ether oxygens (including phenoxy) is 4. The Morgan fingerprint density at radius 2 is 0.736 bits per heavy atom. The second-order valence-corrected chi connectivity index (χ2v) is 27.1. The fraction of sp³-hybridized carbons (Fsp3) is 0.883. The van der Waals surface area contributed by atoms with E-state index in [-0.39, 0.29) is 18.9 Å². The number of hydrogen-bond acceptors (Lipinski definition) is 13. The molecule has 0 aliphatic carbocycles. The molecule has 14 nitrogen and oxygen atoms in total. The van der Waals surface area contributed by atoms with Gasteiger partial charge in [-0.1, -0.05) is 319 Å². The summed E-state index contributed by atoms with van der Waals surface area (Å²) in [6, 6.07) is -0.932. The normalized spacial score (nSPS) is 23.0. The standard InChI is InChI=1S/C77H143NO13/c1-3-5-7-9-11-13-15-17-19-21-23-25-27-28-29-30-31-32-33-34-35-36-37-38-39-41-43-45-47-49-51-53-55-57-59-61-69(82)78-65(64-88-76-74(87)72(85)75(68(63-80)90-76)91-77-73(86)71(84)70(83)67(62-79)89-77)66(81)60-58-56-54-52-50-48-46-44-42-40-26-24-22-20-18-16-14-12-10-8-6-4-2/h15,17,21,23,50,52,58,60,65-68,70-77,79-81,83-87H,3-14,16,18-20,22,24-49,51,53-57,59,61-64H2,1-2H3,(H,78,82)/b17-15-,23-21-,52-50+,60-58+. The average Bonchev–Trinajstić information content (AvgIpc) is 0.888. The molecule has 9 N–H and O–H groups in total. The van der Waals surface area contributed by atoms with Crippen LogP contribution in [0.1, 0.15) is 341 Å². The van der Waals surface area contributed by atoms with Crippen molar-refractivity contribution in [1.82, 2.24) is 5.32 Å². The molecule has 2 rings (SSSR count). The molecule has 1 amide bonds. The maximum absolute atomic E-state index is 13.4. The zero-order valence-electron chi connectivity index (χ0n) is 58.3. The first-order chi connectivity index (χ1) is 44.6. The van der Waals surface area contributed by atoms with Gasteiger partial charge < -0.3 is 65.1 Å². The van der Waals surface area contributed by atoms with Crippen molar-refractivity contribution in [1.29, 1.82) is 0 Å². The van der Waals surface area contributed by atoms with E-state index < -0.39 is 86.8 Å². The summed E-state index contributed by atoms with van der Waals surface area (Å²) >= 11 is 0. The van der Waals surface area contributed by atoms with Gasteiger partial charge in [0.1, 0.15) is 48.8 Å². The number of allylic oxidation sites excluding steroid dienone is 7. The van der Waals surface area contributed by atoms with Crippen molar-refractivity contribution in [2.75, 3.05) is 19.8 Å². The third-order valence-corrected chi connectivity index (χ3v) is 18.7. The van der Waals surface area contributed by atoms with Crippen molar-refractivity contribution in [3.05, 3.63) is 48.6 Å². The lowest BCUT2D eigenvalue weighted by molar-refractivity contribution is -0.359. The molecule has 12 unspecified atom stereocenters. The fourth-order valence-electron chi connectivity index (χ4n) is 12.6. The first-order valence-electron chi connectivity index (χ1n) is 38.4. The molecule has 0 saturated carbocycles. The van der Waals surface area contributed by atoms with Gasteiger partial charge in [-0.25, -0.2) is 0 Å². The van der Waals surface area contributed by atoms with E-state index in [9.17, 15) is 45.6 Å². The first-order valence-corrected chi connectivity index (χ1v) is 38.4. The van der Waals surface area contributed by atoms with Gasteiger partial charge in [-0.3, -0.25) is 4.79 Å². The number of amides is 1. The minimum Gasteiger partial charge on any atom is -0.394 e. The average molecular weight is 1290 g/mol. The van der Waals surface area contributed by atoms with Crippen molar-refractivity contribution in [2.45, 2.75) is 415 Å². The first kappa shape index (κ1) is 85.0. The molecule has 12 atom stereocenters. The van der Waals surface area contributed by atoms with Crippen LogP contribution in [-0.4, -0.2) is 140 Å². The Bertz CT molecular complexity index is 1710. The van der Waals surface area contributed by atoms with Gasteiger partial charge in [0.25, 0.3) is 0 Å². The molecule has 0 spiro atoms. The van der Waals surface area contributed by atoms with E-state index in [4.69, 9.17) is 18.9 Å². The number of rotatable bonds is 64. The summed E-state index contributed by atoms with van der Waals surface area (Å²) in [5.41, 5.74) is 0. The molecule has 2 heterocycles. The number of nitrogens with one attached hydrogen (secondary N) is 1. The molecule has 0 bridgehead atoms. The number of unbranched alkanes of at least 4 members (excludes halogenated alkanes) is 45. The quantitative estimate of drug-likeness (QED) is 0.0204. The van der Waals surface area contributed by atoms with Gasteiger partial charge in [-0.05, 0) is 64.2 Å². The molecular formula is C77H143NO13. The number of hydrogen-bond donors (Lipinski definition) is 9. The molecular weight excluding hydrogens is 1150 g/mol. The van der Waals surface area contributed by atoms with Crippen LogP contribution in [0.2, 0.25) is 0 Å². The lowest BCUT2D eigenvalue weighted by Gasteiger charge is -2.46. The second-order valence-electron chi connectivity index (χ2n) is 27.1. The number of aliphatic hydroxyl groups excluding tert-OH is 8. The lowest BCUT2D eigenvalue weighted by Crippen LogP contribution is -2.65. The summed E-state index contributed by atoms with van der Waals surface area (Å²) in [6.45, 7) is 2.82. The Kier molecular flexibility index (Phi) is 57.5. The van der Waals surface area contributed by atoms with Gasteiger partial charge in [0.05, 0.1) is 32.0 Å². The number of carbonyl (C=O) groups is 1. The highest BCUT2D eigenvalue weighted by atomic mass is 16.7. The molecule has 0 aromatic rings. The zero-order chi connectivity index (χ0) is 65.9. The van der Waals surface area contributed by atoms with Crippen LogP contribution in [-0.2, 0) is 23.7 Å². The molecule has 2 aliphatic rings. The van der Waals surface area contributed by atoms with E-state index in [1.807, 2.05) is 6.08 Å². The van der Waals surface area contributed by atoms with Gasteiger partial charge in [0.15, 0.2) is 12.6 Å². The van der Waals surface area contributed by atoms with Crippen molar-refractivity contribution >= 4 is 5.91 Å². The van der Waals surface area contributed by atoms with Crippen molar-refractivity contribution < 1.29 is 64.6 Å². The molecule has 534 valence electrons. The molecule has 2 saturated heterocycles. The summed E-state index contributed by atoms with van der Waals surface area (Å²) in [5, 5.41) is 87.5. The lowest BCUT2D eigenvalue weighted by atomic mass is 9.97. The van der Waals surface area contributed by atoms with Crippen LogP contribution in [0.3, 0.4) is 0 Å². The van der Waals surface area contributed by atoms with Gasteiger partial charge in [-0.15, -0.1) is 0 Å². The van der Waals surface area contributed by atoms with Crippen molar-refractivity contribution in [3.8, 4) is 0 Å². The molecule has 14 heteroatoms. The molecule has 2 aliphatic heterocycles. The second kappa shape index (κ2) is 61.5. The Labute approximate surface area is 556 Å². The van der Waals surface area contributed by atoms with E-state index in [1.54, 1.807) is 6.08 Å². The highest BCUT2D eigenvalue weighted by Crippen LogP contribution is 2.30. The maximum Gasteiger partial charge on any atom is 0.220 e. The van der Waals surface area contributed by atoms with Gasteiger partial charge in [-0.2, -0.15) is 0 Å². The molecule has 0 aromatic carbocycles. The molecule has 0 radical (unpaired) electrons. The molecule has 91 heavy (non-hydrogen) atoms. The number of aliphatic hydroxyl groups is 8. The third kappa shape index (κ3) is 45.2. The summed E-state index contributed by atoms with van der Waals surface area (Å²) in [6.07, 6.45) is 64.8. The largest absolute Gasteiger partial charge is 0.394 e. The Morgan fingerprint density at radius 3 is 1.14 bits per heavy atom. The van der Waals surface area contributed by atoms with E-state index >= 15 is 0 Å². The Morgan fingerprint density at radius 1 is 0.396 bits per heavy atom. The number of carbonyl (C=O) groups excluding carboxylic acids is 1. The Balaban J connectivity index is 1.62. The maximum atomic E-state index is 13.4. The smallest absolute Gasteiger partial charge is 0.220 e. The SMILES string of the molecule is CCCCCCC/C=C\C/C=C\CCCCCCCCCCCCCCCCCCCCCCCCCC(=O)NC(COC1OC(CO)C(OC2OC(CO)C(O)C(O)C2O)C(O)C1O)C(O)/C=C/CC/C=C/CCCCCCCCCCCCCCCCCC. The molecule has 0 aromatic heterocycles. The van der Waals surface area contributed by atoms with E-state index in [2.05, 4.69) is 55.6 Å². The van der Waals surface area contributed by atoms with Crippen LogP contribution in [0.25, 0.3) is 0 Å². The highest BCUT2D eigenvalue weighted by Gasteiger charge is 2.51. The van der Waals surface area contributed by atoms with Crippen LogP contribution in [0, 0.1) is 0 Å². The summed E-state index contributed by atoms with van der Waals surface area (Å²) in [5.74, 6) is -0.243. The summed E-state index contributed by atoms with van der Waals surface area (Å²) < 4.78 is 22.9. The van der Waals surface area contributed by atoms with Gasteiger partial charge in [0.2, 0.25) is 5.91 Å². The van der Waals surface area contributed by atoms with Crippen LogP contribution < -0.4 is 5.32 Å². The summed E-state index contributed by atoms with van der Waals surface area (Å²) in [4.78, 5) is 13.4. The zero-order valence-corrected chi connectivity index (χ0v) is 58.3. The van der Waals surface area contributed by atoms with Crippen LogP contribution in [0.5, 0.6) is 0 Å². The van der Waals surface area contributed by atoms with Gasteiger partial charge in [0, 0.05) is 6.42 Å². The third-order valence-electron chi connectivity index (χ3n) is 18.7. The van der Waals surface area contributed by atoms with Crippen LogP contribution in [0.4, 0.5) is 0 Å². The monoisotopic (exact) mass is 1290 g/mol.